The molecular formula is C10H13F3N2S. The molecule has 1 aliphatic rings. The van der Waals surface area contributed by atoms with Gasteiger partial charge in [0.25, 0.3) is 0 Å². The fourth-order valence-electron chi connectivity index (χ4n) is 2.29. The summed E-state index contributed by atoms with van der Waals surface area (Å²) in [6.45, 7) is 3.36. The molecule has 0 spiro atoms. The van der Waals surface area contributed by atoms with Gasteiger partial charge in [0, 0.05) is 30.4 Å². The fourth-order valence-corrected chi connectivity index (χ4v) is 2.84. The first-order valence-electron chi connectivity index (χ1n) is 5.03. The smallest absolute Gasteiger partial charge is 0.296 e. The van der Waals surface area contributed by atoms with Gasteiger partial charge in [-0.3, -0.25) is 4.90 Å². The van der Waals surface area contributed by atoms with Crippen molar-refractivity contribution in [2.75, 3.05) is 13.1 Å². The summed E-state index contributed by atoms with van der Waals surface area (Å²) in [5.74, 6) is 0. The van der Waals surface area contributed by atoms with Crippen molar-refractivity contribution in [1.29, 1.82) is 0 Å². The van der Waals surface area contributed by atoms with Gasteiger partial charge in [0.15, 0.2) is 0 Å². The molecule has 16 heavy (non-hydrogen) atoms. The first-order chi connectivity index (χ1) is 7.36. The summed E-state index contributed by atoms with van der Waals surface area (Å²) in [6, 6.07) is 0. The van der Waals surface area contributed by atoms with Crippen LogP contribution in [0.2, 0.25) is 0 Å². The van der Waals surface area contributed by atoms with Crippen molar-refractivity contribution < 1.29 is 13.2 Å². The second-order valence-electron chi connectivity index (χ2n) is 4.73. The van der Waals surface area contributed by atoms with Crippen LogP contribution in [-0.2, 0) is 6.54 Å². The van der Waals surface area contributed by atoms with E-state index in [4.69, 9.17) is 0 Å². The van der Waals surface area contributed by atoms with Gasteiger partial charge in [-0.25, -0.2) is 4.98 Å². The third-order valence-electron chi connectivity index (χ3n) is 2.71. The zero-order valence-electron chi connectivity index (χ0n) is 8.92. The molecule has 0 unspecified atom stereocenters. The number of aromatic nitrogens is 1. The van der Waals surface area contributed by atoms with E-state index in [1.807, 2.05) is 10.3 Å². The van der Waals surface area contributed by atoms with Crippen molar-refractivity contribution in [3.8, 4) is 0 Å². The fraction of sp³-hybridized carbons (Fsp3) is 0.700. The predicted molar refractivity (Wildman–Crippen MR) is 56.2 cm³/mol. The maximum atomic E-state index is 12.2. The lowest BCUT2D eigenvalue weighted by molar-refractivity contribution is -0.177. The number of likely N-dealkylation sites (tertiary alicyclic amines) is 1. The molecule has 0 saturated carbocycles. The van der Waals surface area contributed by atoms with E-state index in [0.29, 0.717) is 19.6 Å². The number of hydrogen-bond acceptors (Lipinski definition) is 3. The lowest BCUT2D eigenvalue weighted by Crippen LogP contribution is -2.55. The molecular weight excluding hydrogens is 237 g/mol. The molecule has 1 aliphatic heterocycles. The van der Waals surface area contributed by atoms with Crippen molar-refractivity contribution in [3.63, 3.8) is 0 Å². The van der Waals surface area contributed by atoms with Gasteiger partial charge >= 0.3 is 6.18 Å². The summed E-state index contributed by atoms with van der Waals surface area (Å²) in [6.07, 6.45) is -4.74. The van der Waals surface area contributed by atoms with Crippen molar-refractivity contribution >= 4 is 11.3 Å². The van der Waals surface area contributed by atoms with Crippen LogP contribution < -0.4 is 0 Å². The summed E-state index contributed by atoms with van der Waals surface area (Å²) in [5.41, 5.74) is 2.08. The molecule has 6 heteroatoms. The number of hydrogen-bond donors (Lipinski definition) is 0. The summed E-state index contributed by atoms with van der Waals surface area (Å²) < 4.78 is 36.7. The van der Waals surface area contributed by atoms with Gasteiger partial charge in [0.1, 0.15) is 0 Å². The third-order valence-corrected chi connectivity index (χ3v) is 3.34. The molecule has 0 radical (unpaired) electrons. The van der Waals surface area contributed by atoms with Crippen molar-refractivity contribution in [3.05, 3.63) is 16.6 Å². The quantitative estimate of drug-likeness (QED) is 0.820. The lowest BCUT2D eigenvalue weighted by Gasteiger charge is -2.48. The van der Waals surface area contributed by atoms with Crippen LogP contribution in [0.1, 0.15) is 19.0 Å². The van der Waals surface area contributed by atoms with Crippen LogP contribution in [0.5, 0.6) is 0 Å². The van der Waals surface area contributed by atoms with Crippen molar-refractivity contribution in [2.24, 2.45) is 5.41 Å². The minimum absolute atomic E-state index is 0.504. The zero-order valence-corrected chi connectivity index (χ0v) is 9.74. The normalized spacial score (nSPS) is 20.8. The average Bonchev–Trinajstić information content (AvgIpc) is 2.49. The Bertz CT molecular complexity index is 341. The van der Waals surface area contributed by atoms with Gasteiger partial charge in [-0.2, -0.15) is 13.2 Å². The highest BCUT2D eigenvalue weighted by atomic mass is 32.1. The van der Waals surface area contributed by atoms with Gasteiger partial charge in [-0.15, -0.1) is 11.3 Å². The minimum atomic E-state index is -4.05. The highest BCUT2D eigenvalue weighted by Crippen LogP contribution is 2.40. The zero-order chi connectivity index (χ0) is 11.8. The van der Waals surface area contributed by atoms with Gasteiger partial charge in [0.05, 0.1) is 17.6 Å². The van der Waals surface area contributed by atoms with E-state index in [9.17, 15) is 13.2 Å². The van der Waals surface area contributed by atoms with Crippen LogP contribution in [0, 0.1) is 5.41 Å². The molecule has 0 atom stereocenters. The molecule has 2 rings (SSSR count). The minimum Gasteiger partial charge on any atom is -0.296 e. The molecule has 0 aromatic carbocycles. The second kappa shape index (κ2) is 4.00. The SMILES string of the molecule is CC1(CC(F)(F)F)CN(Cc2cscn2)C1. The molecule has 0 bridgehead atoms. The van der Waals surface area contributed by atoms with Crippen LogP contribution in [0.3, 0.4) is 0 Å². The Balaban J connectivity index is 1.81. The van der Waals surface area contributed by atoms with Crippen LogP contribution in [0.25, 0.3) is 0 Å². The Labute approximate surface area is 96.1 Å². The summed E-state index contributed by atoms with van der Waals surface area (Å²) in [4.78, 5) is 6.12. The summed E-state index contributed by atoms with van der Waals surface area (Å²) in [7, 11) is 0. The topological polar surface area (TPSA) is 16.1 Å². The molecule has 0 aliphatic carbocycles. The molecule has 1 fully saturated rings. The maximum Gasteiger partial charge on any atom is 0.389 e. The van der Waals surface area contributed by atoms with E-state index in [1.54, 1.807) is 12.4 Å². The number of halogens is 3. The molecule has 90 valence electrons. The molecule has 1 saturated heterocycles. The molecule has 1 aromatic heterocycles. The average molecular weight is 250 g/mol. The number of nitrogens with zero attached hydrogens (tertiary/aromatic N) is 2. The Hall–Kier alpha value is -0.620. The van der Waals surface area contributed by atoms with Crippen LogP contribution in [0.15, 0.2) is 10.9 Å². The van der Waals surface area contributed by atoms with Crippen LogP contribution in [-0.4, -0.2) is 29.1 Å². The van der Waals surface area contributed by atoms with Gasteiger partial charge in [-0.1, -0.05) is 6.92 Å². The van der Waals surface area contributed by atoms with Crippen molar-refractivity contribution in [1.82, 2.24) is 9.88 Å². The third kappa shape index (κ3) is 2.95. The van der Waals surface area contributed by atoms with E-state index >= 15 is 0 Å². The highest BCUT2D eigenvalue weighted by molar-refractivity contribution is 7.07. The van der Waals surface area contributed by atoms with Crippen molar-refractivity contribution in [2.45, 2.75) is 26.1 Å². The standard InChI is InChI=1S/C10H13F3N2S/c1-9(4-10(11,12)13)5-15(6-9)2-8-3-16-7-14-8/h3,7H,2,4-6H2,1H3. The molecule has 2 heterocycles. The summed E-state index contributed by atoms with van der Waals surface area (Å²) in [5, 5.41) is 1.93. The maximum absolute atomic E-state index is 12.2. The first kappa shape index (κ1) is 11.9. The molecule has 0 amide bonds. The van der Waals surface area contributed by atoms with Gasteiger partial charge in [0.2, 0.25) is 0 Å². The lowest BCUT2D eigenvalue weighted by atomic mass is 9.78. The molecule has 2 nitrogen and oxygen atoms in total. The van der Waals surface area contributed by atoms with E-state index in [0.717, 1.165) is 5.69 Å². The van der Waals surface area contributed by atoms with Crippen LogP contribution in [0.4, 0.5) is 13.2 Å². The van der Waals surface area contributed by atoms with E-state index in [2.05, 4.69) is 4.98 Å². The largest absolute Gasteiger partial charge is 0.389 e. The predicted octanol–water partition coefficient (Wildman–Crippen LogP) is 2.92. The van der Waals surface area contributed by atoms with E-state index < -0.39 is 18.0 Å². The Kier molecular flexibility index (Phi) is 2.96. The molecule has 1 aromatic rings. The van der Waals surface area contributed by atoms with Gasteiger partial charge < -0.3 is 0 Å². The Morgan fingerprint density at radius 3 is 2.69 bits per heavy atom. The summed E-state index contributed by atoms with van der Waals surface area (Å²) >= 11 is 1.51. The molecule has 0 N–H and O–H groups in total. The number of alkyl halides is 3. The van der Waals surface area contributed by atoms with E-state index in [1.165, 1.54) is 11.3 Å². The Morgan fingerprint density at radius 2 is 2.19 bits per heavy atom. The van der Waals surface area contributed by atoms with Crippen LogP contribution >= 0.6 is 11.3 Å². The van der Waals surface area contributed by atoms with Gasteiger partial charge in [-0.05, 0) is 0 Å². The number of rotatable bonds is 3. The second-order valence-corrected chi connectivity index (χ2v) is 5.45. The van der Waals surface area contributed by atoms with E-state index in [-0.39, 0.29) is 0 Å². The number of thiazole rings is 1. The Morgan fingerprint density at radius 1 is 1.50 bits per heavy atom. The highest BCUT2D eigenvalue weighted by Gasteiger charge is 2.46. The first-order valence-corrected chi connectivity index (χ1v) is 5.97. The monoisotopic (exact) mass is 250 g/mol.